The minimum absolute atomic E-state index is 0.00320. The largest absolute Gasteiger partial charge is 0.507 e. The second-order valence-electron chi connectivity index (χ2n) is 10.3. The summed E-state index contributed by atoms with van der Waals surface area (Å²) in [6.45, 7) is 0. The van der Waals surface area contributed by atoms with Gasteiger partial charge < -0.3 is 24.8 Å². The Labute approximate surface area is 227 Å². The third kappa shape index (κ3) is 6.21. The van der Waals surface area contributed by atoms with Crippen molar-refractivity contribution in [3.05, 3.63) is 95.1 Å². The molecule has 2 aliphatic heterocycles. The van der Waals surface area contributed by atoms with E-state index in [2.05, 4.69) is 0 Å². The molecule has 1 fully saturated rings. The number of phenolic OH excluding ortho intramolecular Hbond substituents is 2. The summed E-state index contributed by atoms with van der Waals surface area (Å²) in [6, 6.07) is 20.2. The monoisotopic (exact) mass is 528 g/mol. The maximum absolute atomic E-state index is 13.2. The number of rotatable bonds is 6. The molecule has 7 heteroatoms. The summed E-state index contributed by atoms with van der Waals surface area (Å²) in [4.78, 5) is 25.7. The van der Waals surface area contributed by atoms with Crippen molar-refractivity contribution in [1.29, 1.82) is 0 Å². The third-order valence-corrected chi connectivity index (χ3v) is 7.44. The summed E-state index contributed by atoms with van der Waals surface area (Å²) < 4.78 is 11.7. The standard InChI is InChI=1S/C32H32O7/c33-25(15-14-21-8-3-1-4-9-21)30-26(34)19-27-29(31(30)36)23-18-24(12-7-13-28(35)38-27)39-32(37,20-23)17-16-22-10-5-2-6-11-22/h1-6,8-11,14-15,19,23-24,34,36-37H,7,12-13,16-18,20H2. The second kappa shape index (κ2) is 11.4. The van der Waals surface area contributed by atoms with Gasteiger partial charge in [-0.1, -0.05) is 66.7 Å². The van der Waals surface area contributed by atoms with E-state index in [0.29, 0.717) is 32.1 Å². The normalized spacial score (nSPS) is 23.2. The Morgan fingerprint density at radius 2 is 1.77 bits per heavy atom. The van der Waals surface area contributed by atoms with Gasteiger partial charge in [0, 0.05) is 30.9 Å². The van der Waals surface area contributed by atoms with Gasteiger partial charge in [-0.3, -0.25) is 9.59 Å². The van der Waals surface area contributed by atoms with Gasteiger partial charge in [0.1, 0.15) is 22.8 Å². The molecule has 39 heavy (non-hydrogen) atoms. The molecule has 3 unspecified atom stereocenters. The highest BCUT2D eigenvalue weighted by Gasteiger charge is 2.43. The number of benzene rings is 3. The molecule has 0 aromatic heterocycles. The summed E-state index contributed by atoms with van der Waals surface area (Å²) in [5, 5.41) is 33.7. The van der Waals surface area contributed by atoms with Crippen LogP contribution in [-0.2, 0) is 16.0 Å². The molecule has 202 valence electrons. The van der Waals surface area contributed by atoms with E-state index in [-0.39, 0.29) is 35.8 Å². The molecule has 0 aliphatic carbocycles. The average Bonchev–Trinajstić information content (AvgIpc) is 2.91. The quantitative estimate of drug-likeness (QED) is 0.164. The van der Waals surface area contributed by atoms with Crippen LogP contribution in [0.15, 0.2) is 72.8 Å². The van der Waals surface area contributed by atoms with Gasteiger partial charge in [-0.15, -0.1) is 0 Å². The van der Waals surface area contributed by atoms with Gasteiger partial charge in [0.05, 0.1) is 6.10 Å². The van der Waals surface area contributed by atoms with Crippen LogP contribution in [-0.4, -0.2) is 39.0 Å². The van der Waals surface area contributed by atoms with E-state index in [1.165, 1.54) is 12.1 Å². The highest BCUT2D eigenvalue weighted by atomic mass is 16.6. The van der Waals surface area contributed by atoms with Crippen LogP contribution in [0.3, 0.4) is 0 Å². The Bertz CT molecular complexity index is 1370. The number of aromatic hydroxyl groups is 2. The summed E-state index contributed by atoms with van der Waals surface area (Å²) in [5.41, 5.74) is 1.80. The van der Waals surface area contributed by atoms with Gasteiger partial charge in [-0.2, -0.15) is 0 Å². The van der Waals surface area contributed by atoms with Gasteiger partial charge in [0.2, 0.25) is 0 Å². The summed E-state index contributed by atoms with van der Waals surface area (Å²) in [6.07, 6.45) is 5.22. The molecule has 2 bridgehead atoms. The van der Waals surface area contributed by atoms with Crippen molar-refractivity contribution in [3.8, 4) is 17.2 Å². The highest BCUT2D eigenvalue weighted by molar-refractivity contribution is 6.11. The Kier molecular flexibility index (Phi) is 7.82. The van der Waals surface area contributed by atoms with Crippen molar-refractivity contribution in [3.63, 3.8) is 0 Å². The van der Waals surface area contributed by atoms with Crippen LogP contribution in [0.25, 0.3) is 6.08 Å². The minimum atomic E-state index is -1.48. The molecule has 3 atom stereocenters. The first-order chi connectivity index (χ1) is 18.8. The molecule has 3 aromatic carbocycles. The average molecular weight is 529 g/mol. The van der Waals surface area contributed by atoms with Gasteiger partial charge in [0.15, 0.2) is 11.6 Å². The molecule has 0 amide bonds. The number of carbonyl (C=O) groups is 2. The molecule has 1 saturated heterocycles. The maximum Gasteiger partial charge on any atom is 0.311 e. The minimum Gasteiger partial charge on any atom is -0.507 e. The van der Waals surface area contributed by atoms with E-state index in [4.69, 9.17) is 9.47 Å². The molecule has 3 N–H and O–H groups in total. The molecular formula is C32H32O7. The molecule has 0 saturated carbocycles. The second-order valence-corrected chi connectivity index (χ2v) is 10.3. The fourth-order valence-electron chi connectivity index (χ4n) is 5.57. The van der Waals surface area contributed by atoms with Crippen molar-refractivity contribution in [2.75, 3.05) is 0 Å². The van der Waals surface area contributed by atoms with E-state index in [0.717, 1.165) is 11.1 Å². The molecular weight excluding hydrogens is 496 g/mol. The number of phenols is 2. The fraction of sp³-hybridized carbons (Fsp3) is 0.312. The Morgan fingerprint density at radius 3 is 2.51 bits per heavy atom. The SMILES string of the molecule is O=C1CCCC2CC(CC(O)(CCc3ccccc3)O2)c2c(cc(O)c(C(=O)C=Cc3ccccc3)c2O)O1. The zero-order chi connectivity index (χ0) is 27.4. The number of esters is 1. The zero-order valence-corrected chi connectivity index (χ0v) is 21.6. The van der Waals surface area contributed by atoms with Crippen molar-refractivity contribution in [1.82, 2.24) is 0 Å². The number of hydrogen-bond donors (Lipinski definition) is 3. The van der Waals surface area contributed by atoms with Crippen molar-refractivity contribution in [2.45, 2.75) is 62.8 Å². The predicted octanol–water partition coefficient (Wildman–Crippen LogP) is 5.67. The molecule has 0 radical (unpaired) electrons. The first kappa shape index (κ1) is 26.7. The molecule has 5 rings (SSSR count). The lowest BCUT2D eigenvalue weighted by molar-refractivity contribution is -0.262. The van der Waals surface area contributed by atoms with Crippen LogP contribution in [0, 0.1) is 0 Å². The van der Waals surface area contributed by atoms with Gasteiger partial charge in [-0.25, -0.2) is 0 Å². The molecule has 3 aromatic rings. The lowest BCUT2D eigenvalue weighted by Crippen LogP contribution is -2.44. The van der Waals surface area contributed by atoms with Gasteiger partial charge in [0.25, 0.3) is 0 Å². The smallest absolute Gasteiger partial charge is 0.311 e. The van der Waals surface area contributed by atoms with Crippen molar-refractivity contribution < 1.29 is 34.4 Å². The topological polar surface area (TPSA) is 113 Å². The van der Waals surface area contributed by atoms with Crippen LogP contribution >= 0.6 is 0 Å². The Hall–Kier alpha value is -3.94. The van der Waals surface area contributed by atoms with E-state index in [1.807, 2.05) is 60.7 Å². The van der Waals surface area contributed by atoms with E-state index >= 15 is 0 Å². The zero-order valence-electron chi connectivity index (χ0n) is 21.6. The summed E-state index contributed by atoms with van der Waals surface area (Å²) >= 11 is 0. The van der Waals surface area contributed by atoms with Gasteiger partial charge in [-0.05, 0) is 48.8 Å². The van der Waals surface area contributed by atoms with Crippen molar-refractivity contribution in [2.24, 2.45) is 0 Å². The number of carbonyl (C=O) groups excluding carboxylic acids is 2. The molecule has 2 aliphatic rings. The maximum atomic E-state index is 13.2. The van der Waals surface area contributed by atoms with E-state index in [1.54, 1.807) is 6.08 Å². The lowest BCUT2D eigenvalue weighted by atomic mass is 9.79. The van der Waals surface area contributed by atoms with E-state index in [9.17, 15) is 24.9 Å². The summed E-state index contributed by atoms with van der Waals surface area (Å²) in [7, 11) is 0. The van der Waals surface area contributed by atoms with Crippen LogP contribution in [0.5, 0.6) is 17.2 Å². The van der Waals surface area contributed by atoms with Crippen LogP contribution in [0.2, 0.25) is 0 Å². The number of allylic oxidation sites excluding steroid dienone is 1. The van der Waals surface area contributed by atoms with Crippen molar-refractivity contribution >= 4 is 17.8 Å². The number of fused-ring (bicyclic) bond motifs is 4. The van der Waals surface area contributed by atoms with Gasteiger partial charge >= 0.3 is 5.97 Å². The third-order valence-electron chi connectivity index (χ3n) is 7.44. The van der Waals surface area contributed by atoms with Crippen LogP contribution in [0.1, 0.15) is 71.5 Å². The number of ketones is 1. The lowest BCUT2D eigenvalue weighted by Gasteiger charge is -2.42. The summed E-state index contributed by atoms with van der Waals surface area (Å²) in [5.74, 6) is -3.99. The van der Waals surface area contributed by atoms with E-state index < -0.39 is 35.0 Å². The number of aliphatic hydroxyl groups is 1. The molecule has 2 heterocycles. The van der Waals surface area contributed by atoms with Crippen LogP contribution < -0.4 is 4.74 Å². The Balaban J connectivity index is 1.51. The number of ether oxygens (including phenoxy) is 2. The predicted molar refractivity (Wildman–Crippen MR) is 146 cm³/mol. The highest BCUT2D eigenvalue weighted by Crippen LogP contribution is 2.50. The number of hydrogen-bond acceptors (Lipinski definition) is 7. The van der Waals surface area contributed by atoms with Crippen LogP contribution in [0.4, 0.5) is 0 Å². The fourth-order valence-corrected chi connectivity index (χ4v) is 5.57. The first-order valence-corrected chi connectivity index (χ1v) is 13.3. The number of aryl methyl sites for hydroxylation is 1. The molecule has 7 nitrogen and oxygen atoms in total. The first-order valence-electron chi connectivity index (χ1n) is 13.3. The molecule has 0 spiro atoms. The Morgan fingerprint density at radius 1 is 1.05 bits per heavy atom.